The average Bonchev–Trinajstić information content (AvgIpc) is 2.56. The fourth-order valence-electron chi connectivity index (χ4n) is 2.13. The van der Waals surface area contributed by atoms with Crippen molar-refractivity contribution < 1.29 is 0 Å². The van der Waals surface area contributed by atoms with Gasteiger partial charge in [0.1, 0.15) is 11.3 Å². The average molecular weight is 256 g/mol. The lowest BCUT2D eigenvalue weighted by atomic mass is 10.3. The molecule has 0 saturated carbocycles. The predicted octanol–water partition coefficient (Wildman–Crippen LogP) is 0.601. The van der Waals surface area contributed by atoms with Gasteiger partial charge in [-0.2, -0.15) is 0 Å². The largest absolute Gasteiger partial charge is 0.354 e. The van der Waals surface area contributed by atoms with E-state index in [0.717, 1.165) is 45.0 Å². The summed E-state index contributed by atoms with van der Waals surface area (Å²) < 4.78 is 0. The highest BCUT2D eigenvalue weighted by Gasteiger charge is 2.17. The molecule has 2 N–H and O–H groups in total. The lowest BCUT2D eigenvalue weighted by Crippen LogP contribution is -2.34. The van der Waals surface area contributed by atoms with E-state index in [1.54, 1.807) is 12.5 Å². The first-order valence-corrected chi connectivity index (χ1v) is 6.32. The molecule has 6 heteroatoms. The van der Waals surface area contributed by atoms with Crippen LogP contribution in [-0.4, -0.2) is 54.1 Å². The van der Waals surface area contributed by atoms with Crippen LogP contribution in [0.1, 0.15) is 6.42 Å². The smallest absolute Gasteiger partial charge is 0.150 e. The molecule has 0 amide bonds. The normalized spacial score (nSPS) is 18.1. The Hall–Kier alpha value is -0.910. The van der Waals surface area contributed by atoms with Crippen molar-refractivity contribution in [2.45, 2.75) is 6.42 Å². The summed E-state index contributed by atoms with van der Waals surface area (Å²) in [7, 11) is 0. The molecule has 1 fully saturated rings. The molecule has 0 spiro atoms. The van der Waals surface area contributed by atoms with Gasteiger partial charge >= 0.3 is 0 Å². The molecule has 1 aromatic rings. The summed E-state index contributed by atoms with van der Waals surface area (Å²) in [5.74, 6) is 0.844. The maximum Gasteiger partial charge on any atom is 0.150 e. The third kappa shape index (κ3) is 3.28. The van der Waals surface area contributed by atoms with Crippen molar-refractivity contribution in [2.75, 3.05) is 44.2 Å². The molecule has 0 atom stereocenters. The highest BCUT2D eigenvalue weighted by molar-refractivity contribution is 6.32. The standard InChI is InChI=1S/C11H18ClN5/c12-10-8-14-9-15-11(10)17-4-1-3-16(5-2-13)6-7-17/h8-9H,1-7,13H2. The van der Waals surface area contributed by atoms with Crippen molar-refractivity contribution in [3.63, 3.8) is 0 Å². The van der Waals surface area contributed by atoms with E-state index in [2.05, 4.69) is 19.8 Å². The van der Waals surface area contributed by atoms with E-state index < -0.39 is 0 Å². The molecule has 0 radical (unpaired) electrons. The number of rotatable bonds is 3. The molecular weight excluding hydrogens is 238 g/mol. The highest BCUT2D eigenvalue weighted by Crippen LogP contribution is 2.22. The minimum atomic E-state index is 0.625. The van der Waals surface area contributed by atoms with Gasteiger partial charge in [-0.1, -0.05) is 11.6 Å². The van der Waals surface area contributed by atoms with Crippen LogP contribution in [0.5, 0.6) is 0 Å². The zero-order valence-electron chi connectivity index (χ0n) is 9.85. The molecule has 0 unspecified atom stereocenters. The van der Waals surface area contributed by atoms with E-state index in [0.29, 0.717) is 11.6 Å². The van der Waals surface area contributed by atoms with Gasteiger partial charge in [0.05, 0.1) is 6.20 Å². The van der Waals surface area contributed by atoms with E-state index in [1.807, 2.05) is 0 Å². The first kappa shape index (κ1) is 12.5. The molecule has 0 aliphatic carbocycles. The van der Waals surface area contributed by atoms with Crippen LogP contribution in [0.25, 0.3) is 0 Å². The fraction of sp³-hybridized carbons (Fsp3) is 0.636. The molecule has 5 nitrogen and oxygen atoms in total. The van der Waals surface area contributed by atoms with Gasteiger partial charge in [0.2, 0.25) is 0 Å². The molecule has 2 rings (SSSR count). The molecule has 2 heterocycles. The Bertz CT molecular complexity index is 359. The van der Waals surface area contributed by atoms with Crippen LogP contribution in [0.2, 0.25) is 5.02 Å². The van der Waals surface area contributed by atoms with Gasteiger partial charge in [-0.05, 0) is 13.0 Å². The van der Waals surface area contributed by atoms with Crippen molar-refractivity contribution in [3.8, 4) is 0 Å². The van der Waals surface area contributed by atoms with Gasteiger partial charge in [0.25, 0.3) is 0 Å². The lowest BCUT2D eigenvalue weighted by Gasteiger charge is -2.22. The molecule has 1 aliphatic rings. The molecule has 1 aliphatic heterocycles. The van der Waals surface area contributed by atoms with Crippen LogP contribution >= 0.6 is 11.6 Å². The lowest BCUT2D eigenvalue weighted by molar-refractivity contribution is 0.302. The third-order valence-corrected chi connectivity index (χ3v) is 3.25. The van der Waals surface area contributed by atoms with Crippen molar-refractivity contribution in [3.05, 3.63) is 17.5 Å². The Morgan fingerprint density at radius 2 is 2.18 bits per heavy atom. The van der Waals surface area contributed by atoms with Crippen molar-refractivity contribution >= 4 is 17.4 Å². The summed E-state index contributed by atoms with van der Waals surface area (Å²) in [4.78, 5) is 12.8. The van der Waals surface area contributed by atoms with E-state index in [9.17, 15) is 0 Å². The Morgan fingerprint density at radius 3 is 2.94 bits per heavy atom. The van der Waals surface area contributed by atoms with Crippen LogP contribution in [0.3, 0.4) is 0 Å². The van der Waals surface area contributed by atoms with Gasteiger partial charge in [0.15, 0.2) is 5.82 Å². The number of hydrogen-bond acceptors (Lipinski definition) is 5. The Kier molecular flexibility index (Phi) is 4.53. The monoisotopic (exact) mass is 255 g/mol. The summed E-state index contributed by atoms with van der Waals surface area (Å²) in [5, 5.41) is 0.625. The van der Waals surface area contributed by atoms with Crippen molar-refractivity contribution in [1.29, 1.82) is 0 Å². The number of hydrogen-bond donors (Lipinski definition) is 1. The van der Waals surface area contributed by atoms with Crippen LogP contribution in [0.4, 0.5) is 5.82 Å². The first-order valence-electron chi connectivity index (χ1n) is 5.94. The topological polar surface area (TPSA) is 58.3 Å². The Morgan fingerprint density at radius 1 is 1.29 bits per heavy atom. The summed E-state index contributed by atoms with van der Waals surface area (Å²) in [6.45, 7) is 5.71. The summed E-state index contributed by atoms with van der Waals surface area (Å²) in [6, 6.07) is 0. The molecule has 1 aromatic heterocycles. The summed E-state index contributed by atoms with van der Waals surface area (Å²) >= 11 is 6.11. The van der Waals surface area contributed by atoms with Crippen molar-refractivity contribution in [1.82, 2.24) is 14.9 Å². The maximum absolute atomic E-state index is 6.11. The fourth-order valence-corrected chi connectivity index (χ4v) is 2.35. The third-order valence-electron chi connectivity index (χ3n) is 2.98. The van der Waals surface area contributed by atoms with Crippen LogP contribution in [0, 0.1) is 0 Å². The van der Waals surface area contributed by atoms with E-state index in [1.165, 1.54) is 0 Å². The summed E-state index contributed by atoms with van der Waals surface area (Å²) in [5.41, 5.74) is 5.58. The molecule has 0 aromatic carbocycles. The Labute approximate surface area is 107 Å². The van der Waals surface area contributed by atoms with Gasteiger partial charge in [-0.15, -0.1) is 0 Å². The molecule has 1 saturated heterocycles. The van der Waals surface area contributed by atoms with E-state index in [4.69, 9.17) is 17.3 Å². The maximum atomic E-state index is 6.11. The highest BCUT2D eigenvalue weighted by atomic mass is 35.5. The zero-order valence-corrected chi connectivity index (χ0v) is 10.6. The second kappa shape index (κ2) is 6.14. The zero-order chi connectivity index (χ0) is 12.1. The number of aromatic nitrogens is 2. The second-order valence-corrected chi connectivity index (χ2v) is 4.57. The quantitative estimate of drug-likeness (QED) is 0.857. The summed E-state index contributed by atoms with van der Waals surface area (Å²) in [6.07, 6.45) is 4.30. The molecule has 17 heavy (non-hydrogen) atoms. The minimum Gasteiger partial charge on any atom is -0.354 e. The predicted molar refractivity (Wildman–Crippen MR) is 69.4 cm³/mol. The number of halogens is 1. The molecule has 0 bridgehead atoms. The van der Waals surface area contributed by atoms with Crippen LogP contribution < -0.4 is 10.6 Å². The molecular formula is C11H18ClN5. The number of nitrogens with zero attached hydrogens (tertiary/aromatic N) is 4. The van der Waals surface area contributed by atoms with E-state index in [-0.39, 0.29) is 0 Å². The van der Waals surface area contributed by atoms with Gasteiger partial charge in [-0.3, -0.25) is 0 Å². The Balaban J connectivity index is 2.01. The van der Waals surface area contributed by atoms with Crippen LogP contribution in [0.15, 0.2) is 12.5 Å². The molecule has 94 valence electrons. The SMILES string of the molecule is NCCN1CCCN(c2ncncc2Cl)CC1. The van der Waals surface area contributed by atoms with Crippen molar-refractivity contribution in [2.24, 2.45) is 5.73 Å². The second-order valence-electron chi connectivity index (χ2n) is 4.17. The number of nitrogens with two attached hydrogens (primary N) is 1. The number of anilines is 1. The van der Waals surface area contributed by atoms with E-state index >= 15 is 0 Å². The van der Waals surface area contributed by atoms with Gasteiger partial charge in [0, 0.05) is 32.7 Å². The van der Waals surface area contributed by atoms with Gasteiger partial charge < -0.3 is 15.5 Å². The first-order chi connectivity index (χ1) is 8.31. The van der Waals surface area contributed by atoms with Crippen LogP contribution in [-0.2, 0) is 0 Å². The van der Waals surface area contributed by atoms with Gasteiger partial charge in [-0.25, -0.2) is 9.97 Å². The minimum absolute atomic E-state index is 0.625.